The molecule has 0 saturated heterocycles. The van der Waals surface area contributed by atoms with Crippen molar-refractivity contribution in [2.45, 2.75) is 32.2 Å². The molecule has 0 fully saturated rings. The van der Waals surface area contributed by atoms with Crippen molar-refractivity contribution in [1.29, 1.82) is 0 Å². The Hall–Kier alpha value is -1.06. The largest absolute Gasteiger partial charge is 0.396 e. The second kappa shape index (κ2) is 7.30. The van der Waals surface area contributed by atoms with E-state index < -0.39 is 0 Å². The lowest BCUT2D eigenvalue weighted by atomic mass is 10.1. The second-order valence-electron chi connectivity index (χ2n) is 4.09. The SMILES string of the molecule is CC(Cc1ccccc1Cl)NC(=O)CCCO. The standard InChI is InChI=1S/C13H18ClNO2/c1-10(15-13(17)7-4-8-16)9-11-5-2-3-6-12(11)14/h2-3,5-6,10,16H,4,7-9H2,1H3,(H,15,17). The van der Waals surface area contributed by atoms with Crippen LogP contribution in [0.25, 0.3) is 0 Å². The Bertz CT molecular complexity index is 368. The molecule has 0 aromatic heterocycles. The summed E-state index contributed by atoms with van der Waals surface area (Å²) in [5.41, 5.74) is 1.03. The van der Waals surface area contributed by atoms with Gasteiger partial charge in [0.05, 0.1) is 0 Å². The highest BCUT2D eigenvalue weighted by molar-refractivity contribution is 6.31. The zero-order chi connectivity index (χ0) is 12.7. The molecule has 0 bridgehead atoms. The third-order valence-electron chi connectivity index (χ3n) is 2.45. The predicted molar refractivity (Wildman–Crippen MR) is 69.1 cm³/mol. The molecule has 1 unspecified atom stereocenters. The summed E-state index contributed by atoms with van der Waals surface area (Å²) in [6.45, 7) is 1.99. The van der Waals surface area contributed by atoms with Crippen molar-refractivity contribution in [3.63, 3.8) is 0 Å². The van der Waals surface area contributed by atoms with Gasteiger partial charge >= 0.3 is 0 Å². The highest BCUT2D eigenvalue weighted by Gasteiger charge is 2.09. The zero-order valence-electron chi connectivity index (χ0n) is 9.95. The molecule has 1 amide bonds. The van der Waals surface area contributed by atoms with Crippen LogP contribution in [0.5, 0.6) is 0 Å². The highest BCUT2D eigenvalue weighted by atomic mass is 35.5. The van der Waals surface area contributed by atoms with Crippen LogP contribution < -0.4 is 5.32 Å². The van der Waals surface area contributed by atoms with Crippen LogP contribution in [0.15, 0.2) is 24.3 Å². The molecular weight excluding hydrogens is 238 g/mol. The van der Waals surface area contributed by atoms with Crippen molar-refractivity contribution in [3.8, 4) is 0 Å². The van der Waals surface area contributed by atoms with E-state index in [0.717, 1.165) is 10.6 Å². The summed E-state index contributed by atoms with van der Waals surface area (Å²) in [6, 6.07) is 7.66. The summed E-state index contributed by atoms with van der Waals surface area (Å²) >= 11 is 6.04. The molecule has 2 N–H and O–H groups in total. The van der Waals surface area contributed by atoms with E-state index in [-0.39, 0.29) is 18.6 Å². The molecule has 94 valence electrons. The summed E-state index contributed by atoms with van der Waals surface area (Å²) < 4.78 is 0. The van der Waals surface area contributed by atoms with Gasteiger partial charge in [-0.05, 0) is 31.4 Å². The van der Waals surface area contributed by atoms with E-state index in [4.69, 9.17) is 16.7 Å². The number of aliphatic hydroxyl groups is 1. The molecule has 0 aliphatic carbocycles. The maximum Gasteiger partial charge on any atom is 0.220 e. The number of carbonyl (C=O) groups excluding carboxylic acids is 1. The van der Waals surface area contributed by atoms with Crippen LogP contribution in [0.1, 0.15) is 25.3 Å². The van der Waals surface area contributed by atoms with Crippen LogP contribution in [0.4, 0.5) is 0 Å². The van der Waals surface area contributed by atoms with Crippen LogP contribution in [-0.4, -0.2) is 23.7 Å². The average molecular weight is 256 g/mol. The van der Waals surface area contributed by atoms with E-state index in [2.05, 4.69) is 5.32 Å². The van der Waals surface area contributed by atoms with E-state index >= 15 is 0 Å². The van der Waals surface area contributed by atoms with Gasteiger partial charge in [0.15, 0.2) is 0 Å². The number of aliphatic hydroxyl groups excluding tert-OH is 1. The smallest absolute Gasteiger partial charge is 0.220 e. The van der Waals surface area contributed by atoms with Gasteiger partial charge < -0.3 is 10.4 Å². The van der Waals surface area contributed by atoms with Gasteiger partial charge in [0.25, 0.3) is 0 Å². The molecule has 3 nitrogen and oxygen atoms in total. The van der Waals surface area contributed by atoms with Crippen LogP contribution in [0.2, 0.25) is 5.02 Å². The first kappa shape index (κ1) is 14.0. The third-order valence-corrected chi connectivity index (χ3v) is 2.82. The van der Waals surface area contributed by atoms with Gasteiger partial charge in [-0.3, -0.25) is 4.79 Å². The fourth-order valence-electron chi connectivity index (χ4n) is 1.63. The van der Waals surface area contributed by atoms with Gasteiger partial charge in [0.2, 0.25) is 5.91 Å². The number of rotatable bonds is 6. The topological polar surface area (TPSA) is 49.3 Å². The van der Waals surface area contributed by atoms with Crippen molar-refractivity contribution < 1.29 is 9.90 Å². The molecule has 0 saturated carbocycles. The van der Waals surface area contributed by atoms with Crippen molar-refractivity contribution in [2.75, 3.05) is 6.61 Å². The van der Waals surface area contributed by atoms with Gasteiger partial charge in [-0.15, -0.1) is 0 Å². The van der Waals surface area contributed by atoms with E-state index in [1.54, 1.807) is 0 Å². The predicted octanol–water partition coefficient (Wildman–Crippen LogP) is 2.16. The second-order valence-corrected chi connectivity index (χ2v) is 4.50. The van der Waals surface area contributed by atoms with Gasteiger partial charge in [0, 0.05) is 24.1 Å². The van der Waals surface area contributed by atoms with Crippen LogP contribution >= 0.6 is 11.6 Å². The molecule has 1 aromatic carbocycles. The summed E-state index contributed by atoms with van der Waals surface area (Å²) in [7, 11) is 0. The lowest BCUT2D eigenvalue weighted by Gasteiger charge is -2.14. The minimum absolute atomic E-state index is 0.0291. The third kappa shape index (κ3) is 5.20. The molecular formula is C13H18ClNO2. The average Bonchev–Trinajstić information content (AvgIpc) is 2.29. The van der Waals surface area contributed by atoms with Crippen molar-refractivity contribution in [1.82, 2.24) is 5.32 Å². The molecule has 17 heavy (non-hydrogen) atoms. The number of amides is 1. The number of benzene rings is 1. The lowest BCUT2D eigenvalue weighted by Crippen LogP contribution is -2.34. The number of hydrogen-bond donors (Lipinski definition) is 2. The first-order valence-electron chi connectivity index (χ1n) is 5.77. The molecule has 0 radical (unpaired) electrons. The van der Waals surface area contributed by atoms with E-state index in [1.165, 1.54) is 0 Å². The van der Waals surface area contributed by atoms with Crippen LogP contribution in [-0.2, 0) is 11.2 Å². The Morgan fingerprint density at radius 3 is 2.82 bits per heavy atom. The number of nitrogens with one attached hydrogen (secondary N) is 1. The summed E-state index contributed by atoms with van der Waals surface area (Å²) in [5, 5.41) is 12.2. The van der Waals surface area contributed by atoms with Crippen molar-refractivity contribution >= 4 is 17.5 Å². The van der Waals surface area contributed by atoms with Crippen molar-refractivity contribution in [3.05, 3.63) is 34.9 Å². The lowest BCUT2D eigenvalue weighted by molar-refractivity contribution is -0.121. The van der Waals surface area contributed by atoms with Gasteiger partial charge in [-0.25, -0.2) is 0 Å². The molecule has 4 heteroatoms. The maximum atomic E-state index is 11.4. The van der Waals surface area contributed by atoms with Crippen LogP contribution in [0.3, 0.4) is 0 Å². The van der Waals surface area contributed by atoms with Gasteiger partial charge in [0.1, 0.15) is 0 Å². The highest BCUT2D eigenvalue weighted by Crippen LogP contribution is 2.16. The van der Waals surface area contributed by atoms with E-state index in [9.17, 15) is 4.79 Å². The summed E-state index contributed by atoms with van der Waals surface area (Å²) in [6.07, 6.45) is 1.58. The van der Waals surface area contributed by atoms with Crippen LogP contribution in [0, 0.1) is 0 Å². The molecule has 1 aromatic rings. The molecule has 1 rings (SSSR count). The first-order valence-corrected chi connectivity index (χ1v) is 6.15. The minimum Gasteiger partial charge on any atom is -0.396 e. The number of halogens is 1. The maximum absolute atomic E-state index is 11.4. The molecule has 0 aliphatic rings. The summed E-state index contributed by atoms with van der Waals surface area (Å²) in [4.78, 5) is 11.4. The van der Waals surface area contributed by atoms with Gasteiger partial charge in [-0.1, -0.05) is 29.8 Å². The Labute approximate surface area is 107 Å². The Morgan fingerprint density at radius 2 is 2.18 bits per heavy atom. The fraction of sp³-hybridized carbons (Fsp3) is 0.462. The summed E-state index contributed by atoms with van der Waals surface area (Å²) in [5.74, 6) is -0.0291. The minimum atomic E-state index is -0.0291. The first-order chi connectivity index (χ1) is 8.13. The number of hydrogen-bond acceptors (Lipinski definition) is 2. The molecule has 0 spiro atoms. The monoisotopic (exact) mass is 255 g/mol. The Kier molecular flexibility index (Phi) is 6.01. The Balaban J connectivity index is 2.42. The zero-order valence-corrected chi connectivity index (χ0v) is 10.7. The molecule has 0 aliphatic heterocycles. The molecule has 1 atom stereocenters. The van der Waals surface area contributed by atoms with Crippen molar-refractivity contribution in [2.24, 2.45) is 0 Å². The normalized spacial score (nSPS) is 12.2. The van der Waals surface area contributed by atoms with Gasteiger partial charge in [-0.2, -0.15) is 0 Å². The fourth-order valence-corrected chi connectivity index (χ4v) is 1.84. The molecule has 0 heterocycles. The quantitative estimate of drug-likeness (QED) is 0.819. The van der Waals surface area contributed by atoms with E-state index in [0.29, 0.717) is 19.3 Å². The number of carbonyl (C=O) groups is 1. The van der Waals surface area contributed by atoms with E-state index in [1.807, 2.05) is 31.2 Å². The Morgan fingerprint density at radius 1 is 1.47 bits per heavy atom.